The second-order valence-electron chi connectivity index (χ2n) is 4.48. The minimum atomic E-state index is -0.460. The standard InChI is InChI=1S/C15H14BrFN2O/c1-9-6-10(15(18)20)2-5-14(9)19-8-11-7-12(16)3-4-13(11)17/h2-7,19H,8H2,1H3,(H2,18,20). The second kappa shape index (κ2) is 6.05. The summed E-state index contributed by atoms with van der Waals surface area (Å²) >= 11 is 3.32. The van der Waals surface area contributed by atoms with Crippen LogP contribution in [0.3, 0.4) is 0 Å². The van der Waals surface area contributed by atoms with E-state index in [1.165, 1.54) is 6.07 Å². The van der Waals surface area contributed by atoms with Crippen LogP contribution in [0, 0.1) is 12.7 Å². The lowest BCUT2D eigenvalue weighted by Gasteiger charge is -2.11. The van der Waals surface area contributed by atoms with Crippen LogP contribution in [0.4, 0.5) is 10.1 Å². The van der Waals surface area contributed by atoms with E-state index in [9.17, 15) is 9.18 Å². The van der Waals surface area contributed by atoms with Crippen LogP contribution < -0.4 is 11.1 Å². The van der Waals surface area contributed by atoms with E-state index in [4.69, 9.17) is 5.73 Å². The van der Waals surface area contributed by atoms with Crippen LogP contribution in [0.1, 0.15) is 21.5 Å². The molecule has 20 heavy (non-hydrogen) atoms. The van der Waals surface area contributed by atoms with E-state index in [2.05, 4.69) is 21.2 Å². The van der Waals surface area contributed by atoms with Gasteiger partial charge in [-0.3, -0.25) is 4.79 Å². The maximum Gasteiger partial charge on any atom is 0.248 e. The number of hydrogen-bond donors (Lipinski definition) is 2. The van der Waals surface area contributed by atoms with Crippen LogP contribution in [0.15, 0.2) is 40.9 Å². The molecule has 2 aromatic carbocycles. The largest absolute Gasteiger partial charge is 0.381 e. The van der Waals surface area contributed by atoms with Gasteiger partial charge in [-0.25, -0.2) is 4.39 Å². The number of nitrogens with one attached hydrogen (secondary N) is 1. The number of carbonyl (C=O) groups is 1. The molecule has 0 saturated heterocycles. The highest BCUT2D eigenvalue weighted by Gasteiger charge is 2.06. The molecule has 0 fully saturated rings. The van der Waals surface area contributed by atoms with Gasteiger partial charge in [0, 0.05) is 27.8 Å². The summed E-state index contributed by atoms with van der Waals surface area (Å²) < 4.78 is 14.5. The molecule has 2 aromatic rings. The van der Waals surface area contributed by atoms with Crippen LogP contribution in [0.25, 0.3) is 0 Å². The molecule has 1 amide bonds. The Morgan fingerprint density at radius 3 is 2.70 bits per heavy atom. The topological polar surface area (TPSA) is 55.1 Å². The highest BCUT2D eigenvalue weighted by Crippen LogP contribution is 2.20. The van der Waals surface area contributed by atoms with Crippen LogP contribution in [-0.2, 0) is 6.54 Å². The minimum absolute atomic E-state index is 0.257. The number of rotatable bonds is 4. The molecule has 2 rings (SSSR count). The third-order valence-corrected chi connectivity index (χ3v) is 3.48. The molecule has 0 saturated carbocycles. The zero-order valence-electron chi connectivity index (χ0n) is 10.9. The Morgan fingerprint density at radius 1 is 1.30 bits per heavy atom. The first-order chi connectivity index (χ1) is 9.47. The van der Waals surface area contributed by atoms with Crippen molar-refractivity contribution in [1.29, 1.82) is 0 Å². The molecule has 3 nitrogen and oxygen atoms in total. The minimum Gasteiger partial charge on any atom is -0.381 e. The molecule has 0 unspecified atom stereocenters. The second-order valence-corrected chi connectivity index (χ2v) is 5.40. The van der Waals surface area contributed by atoms with Gasteiger partial charge in [0.25, 0.3) is 0 Å². The van der Waals surface area contributed by atoms with Crippen molar-refractivity contribution in [2.24, 2.45) is 5.73 Å². The molecule has 0 aliphatic carbocycles. The van der Waals surface area contributed by atoms with Crippen molar-refractivity contribution >= 4 is 27.5 Å². The maximum atomic E-state index is 13.6. The number of primary amides is 1. The van der Waals surface area contributed by atoms with E-state index in [0.29, 0.717) is 17.7 Å². The van der Waals surface area contributed by atoms with Crippen molar-refractivity contribution in [3.05, 3.63) is 63.4 Å². The number of hydrogen-bond acceptors (Lipinski definition) is 2. The fourth-order valence-electron chi connectivity index (χ4n) is 1.88. The first-order valence-corrected chi connectivity index (χ1v) is 6.85. The quantitative estimate of drug-likeness (QED) is 0.896. The number of benzene rings is 2. The summed E-state index contributed by atoms with van der Waals surface area (Å²) in [5.74, 6) is -0.718. The third kappa shape index (κ3) is 3.36. The van der Waals surface area contributed by atoms with E-state index in [1.807, 2.05) is 6.92 Å². The molecule has 3 N–H and O–H groups in total. The summed E-state index contributed by atoms with van der Waals surface area (Å²) in [7, 11) is 0. The fourth-order valence-corrected chi connectivity index (χ4v) is 2.29. The zero-order chi connectivity index (χ0) is 14.7. The molecule has 5 heteroatoms. The molecular weight excluding hydrogens is 323 g/mol. The van der Waals surface area contributed by atoms with Gasteiger partial charge in [0.1, 0.15) is 5.82 Å². The highest BCUT2D eigenvalue weighted by atomic mass is 79.9. The van der Waals surface area contributed by atoms with Gasteiger partial charge in [-0.05, 0) is 48.9 Å². The van der Waals surface area contributed by atoms with E-state index < -0.39 is 5.91 Å². The first kappa shape index (κ1) is 14.5. The van der Waals surface area contributed by atoms with Gasteiger partial charge < -0.3 is 11.1 Å². The molecule has 0 spiro atoms. The van der Waals surface area contributed by atoms with Crippen LogP contribution in [-0.4, -0.2) is 5.91 Å². The summed E-state index contributed by atoms with van der Waals surface area (Å²) in [6.45, 7) is 2.23. The SMILES string of the molecule is Cc1cc(C(N)=O)ccc1NCc1cc(Br)ccc1F. The molecule has 0 aliphatic rings. The van der Waals surface area contributed by atoms with E-state index >= 15 is 0 Å². The van der Waals surface area contributed by atoms with Crippen molar-refractivity contribution in [3.63, 3.8) is 0 Å². The van der Waals surface area contributed by atoms with Gasteiger partial charge in [-0.2, -0.15) is 0 Å². The summed E-state index contributed by atoms with van der Waals surface area (Å²) in [6, 6.07) is 9.94. The van der Waals surface area contributed by atoms with Crippen molar-refractivity contribution < 1.29 is 9.18 Å². The van der Waals surface area contributed by atoms with E-state index in [0.717, 1.165) is 15.7 Å². The van der Waals surface area contributed by atoms with Gasteiger partial charge in [0.05, 0.1) is 0 Å². The Labute approximate surface area is 125 Å². The monoisotopic (exact) mass is 336 g/mol. The summed E-state index contributed by atoms with van der Waals surface area (Å²) in [5, 5.41) is 3.15. The molecule has 0 bridgehead atoms. The van der Waals surface area contributed by atoms with E-state index in [1.54, 1.807) is 30.3 Å². The van der Waals surface area contributed by atoms with Gasteiger partial charge in [0.2, 0.25) is 5.91 Å². The number of nitrogens with two attached hydrogens (primary N) is 1. The number of amides is 1. The summed E-state index contributed by atoms with van der Waals surface area (Å²) in [5.41, 5.74) is 7.98. The first-order valence-electron chi connectivity index (χ1n) is 6.05. The van der Waals surface area contributed by atoms with Gasteiger partial charge in [-0.1, -0.05) is 15.9 Å². The van der Waals surface area contributed by atoms with Crippen LogP contribution in [0.5, 0.6) is 0 Å². The smallest absolute Gasteiger partial charge is 0.248 e. The van der Waals surface area contributed by atoms with Crippen LogP contribution in [0.2, 0.25) is 0 Å². The lowest BCUT2D eigenvalue weighted by Crippen LogP contribution is -2.11. The average Bonchev–Trinajstić information content (AvgIpc) is 2.40. The molecule has 0 atom stereocenters. The Hall–Kier alpha value is -1.88. The number of carbonyl (C=O) groups excluding carboxylic acids is 1. The van der Waals surface area contributed by atoms with Gasteiger partial charge in [0.15, 0.2) is 0 Å². The zero-order valence-corrected chi connectivity index (χ0v) is 12.5. The summed E-state index contributed by atoms with van der Waals surface area (Å²) in [4.78, 5) is 11.1. The van der Waals surface area contributed by atoms with Crippen molar-refractivity contribution in [1.82, 2.24) is 0 Å². The number of aryl methyl sites for hydroxylation is 1. The molecule has 104 valence electrons. The van der Waals surface area contributed by atoms with Crippen molar-refractivity contribution in [2.75, 3.05) is 5.32 Å². The Bertz CT molecular complexity index is 658. The number of halogens is 2. The number of anilines is 1. The third-order valence-electron chi connectivity index (χ3n) is 2.99. The van der Waals surface area contributed by atoms with Crippen LogP contribution >= 0.6 is 15.9 Å². The van der Waals surface area contributed by atoms with E-state index in [-0.39, 0.29) is 5.82 Å². The Kier molecular flexibility index (Phi) is 4.39. The normalized spacial score (nSPS) is 10.3. The summed E-state index contributed by atoms with van der Waals surface area (Å²) in [6.07, 6.45) is 0. The fraction of sp³-hybridized carbons (Fsp3) is 0.133. The molecule has 0 radical (unpaired) electrons. The highest BCUT2D eigenvalue weighted by molar-refractivity contribution is 9.10. The van der Waals surface area contributed by atoms with Gasteiger partial charge in [-0.15, -0.1) is 0 Å². The Morgan fingerprint density at radius 2 is 2.05 bits per heavy atom. The predicted octanol–water partition coefficient (Wildman–Crippen LogP) is 3.61. The van der Waals surface area contributed by atoms with Crippen molar-refractivity contribution in [3.8, 4) is 0 Å². The van der Waals surface area contributed by atoms with Gasteiger partial charge >= 0.3 is 0 Å². The average molecular weight is 337 g/mol. The molecular formula is C15H14BrFN2O. The van der Waals surface area contributed by atoms with Crippen molar-refractivity contribution in [2.45, 2.75) is 13.5 Å². The maximum absolute atomic E-state index is 13.6. The Balaban J connectivity index is 2.15. The lowest BCUT2D eigenvalue weighted by atomic mass is 10.1. The predicted molar refractivity (Wildman–Crippen MR) is 81.1 cm³/mol. The lowest BCUT2D eigenvalue weighted by molar-refractivity contribution is 0.1000. The molecule has 0 aromatic heterocycles. The molecule has 0 heterocycles. The molecule has 0 aliphatic heterocycles.